The number of ether oxygens (including phenoxy) is 2. The highest BCUT2D eigenvalue weighted by atomic mass is 16.5. The van der Waals surface area contributed by atoms with E-state index in [1.54, 1.807) is 26.4 Å². The summed E-state index contributed by atoms with van der Waals surface area (Å²) in [5.74, 6) is 0.731. The first kappa shape index (κ1) is 20.7. The molecule has 0 radical (unpaired) electrons. The molecule has 2 heterocycles. The van der Waals surface area contributed by atoms with Crippen molar-refractivity contribution >= 4 is 0 Å². The fraction of sp³-hybridized carbons (Fsp3) is 0.304. The number of H-pyrrole nitrogens is 1. The topological polar surface area (TPSA) is 106 Å². The first-order valence-electron chi connectivity index (χ1n) is 9.99. The average molecular weight is 423 g/mol. The second kappa shape index (κ2) is 7.96. The van der Waals surface area contributed by atoms with Gasteiger partial charge in [-0.05, 0) is 55.2 Å². The summed E-state index contributed by atoms with van der Waals surface area (Å²) in [6.45, 7) is 4.39. The second-order valence-electron chi connectivity index (χ2n) is 7.67. The summed E-state index contributed by atoms with van der Waals surface area (Å²) in [7, 11) is 3.11. The number of aromatic nitrogens is 2. The number of aryl methyl sites for hydroxylation is 2. The molecule has 0 bridgehead atoms. The van der Waals surface area contributed by atoms with Gasteiger partial charge in [-0.2, -0.15) is 0 Å². The highest BCUT2D eigenvalue weighted by molar-refractivity contribution is 5.53. The highest BCUT2D eigenvalue weighted by Crippen LogP contribution is 2.38. The van der Waals surface area contributed by atoms with Crippen LogP contribution in [0.5, 0.6) is 17.4 Å². The fourth-order valence-corrected chi connectivity index (χ4v) is 4.22. The number of methoxy groups -OCH3 is 2. The Labute approximate surface area is 179 Å². The van der Waals surface area contributed by atoms with Crippen molar-refractivity contribution < 1.29 is 14.6 Å². The van der Waals surface area contributed by atoms with Crippen molar-refractivity contribution in [1.29, 1.82) is 0 Å². The van der Waals surface area contributed by atoms with Crippen LogP contribution >= 0.6 is 0 Å². The maximum Gasteiger partial charge on any atom is 0.335 e. The number of aromatic hydroxyl groups is 1. The van der Waals surface area contributed by atoms with Crippen LogP contribution in [0, 0.1) is 13.8 Å². The van der Waals surface area contributed by atoms with Crippen LogP contribution in [0.2, 0.25) is 0 Å². The maximum atomic E-state index is 12.8. The summed E-state index contributed by atoms with van der Waals surface area (Å²) in [6, 6.07) is 8.58. The number of benzene rings is 2. The molecule has 8 nitrogen and oxygen atoms in total. The Hall–Kier alpha value is -3.52. The Kier molecular flexibility index (Phi) is 5.32. The fourth-order valence-electron chi connectivity index (χ4n) is 4.22. The number of hydrogen-bond acceptors (Lipinski definition) is 6. The lowest BCUT2D eigenvalue weighted by Crippen LogP contribution is -2.38. The Morgan fingerprint density at radius 3 is 2.45 bits per heavy atom. The molecular formula is C23H25N3O5. The van der Waals surface area contributed by atoms with Crippen LogP contribution in [0.4, 0.5) is 0 Å². The van der Waals surface area contributed by atoms with E-state index < -0.39 is 17.3 Å². The molecule has 0 amide bonds. The van der Waals surface area contributed by atoms with Gasteiger partial charge in [0.1, 0.15) is 0 Å². The molecule has 0 saturated carbocycles. The van der Waals surface area contributed by atoms with Gasteiger partial charge in [-0.15, -0.1) is 0 Å². The van der Waals surface area contributed by atoms with Crippen molar-refractivity contribution in [3.05, 3.63) is 79.0 Å². The van der Waals surface area contributed by atoms with Crippen LogP contribution in [-0.2, 0) is 6.42 Å². The zero-order valence-corrected chi connectivity index (χ0v) is 17.9. The Morgan fingerprint density at radius 2 is 1.77 bits per heavy atom. The van der Waals surface area contributed by atoms with Gasteiger partial charge < -0.3 is 19.9 Å². The Morgan fingerprint density at radius 1 is 1.06 bits per heavy atom. The largest absolute Gasteiger partial charge is 0.494 e. The first-order valence-corrected chi connectivity index (χ1v) is 9.99. The molecule has 1 aliphatic heterocycles. The molecule has 0 fully saturated rings. The number of fused-ring (bicyclic) bond motifs is 1. The van der Waals surface area contributed by atoms with Gasteiger partial charge in [0.05, 0.1) is 31.5 Å². The molecule has 1 unspecified atom stereocenters. The second-order valence-corrected chi connectivity index (χ2v) is 7.67. The predicted octanol–water partition coefficient (Wildman–Crippen LogP) is 2.10. The third-order valence-corrected chi connectivity index (χ3v) is 5.70. The van der Waals surface area contributed by atoms with Crippen molar-refractivity contribution in [1.82, 2.24) is 14.9 Å². The van der Waals surface area contributed by atoms with Crippen LogP contribution in [0.25, 0.3) is 5.69 Å². The predicted molar refractivity (Wildman–Crippen MR) is 117 cm³/mol. The van der Waals surface area contributed by atoms with Crippen molar-refractivity contribution in [3.8, 4) is 23.1 Å². The third kappa shape index (κ3) is 3.48. The zero-order valence-electron chi connectivity index (χ0n) is 17.9. The molecule has 1 atom stereocenters. The molecule has 31 heavy (non-hydrogen) atoms. The Bertz CT molecular complexity index is 1280. The van der Waals surface area contributed by atoms with E-state index in [2.05, 4.69) is 10.3 Å². The molecular weight excluding hydrogens is 398 g/mol. The van der Waals surface area contributed by atoms with Gasteiger partial charge in [-0.25, -0.2) is 9.36 Å². The molecule has 3 aromatic rings. The van der Waals surface area contributed by atoms with E-state index in [1.165, 1.54) is 0 Å². The van der Waals surface area contributed by atoms with Crippen LogP contribution in [0.3, 0.4) is 0 Å². The van der Waals surface area contributed by atoms with Gasteiger partial charge in [0, 0.05) is 6.54 Å². The van der Waals surface area contributed by atoms with E-state index in [4.69, 9.17) is 9.47 Å². The Balaban J connectivity index is 1.95. The van der Waals surface area contributed by atoms with E-state index in [1.807, 2.05) is 32.0 Å². The monoisotopic (exact) mass is 423 g/mol. The molecule has 4 rings (SSSR count). The van der Waals surface area contributed by atoms with Gasteiger partial charge in [-0.3, -0.25) is 9.78 Å². The van der Waals surface area contributed by atoms with E-state index in [9.17, 15) is 14.7 Å². The van der Waals surface area contributed by atoms with Crippen LogP contribution in [0.1, 0.15) is 33.9 Å². The van der Waals surface area contributed by atoms with Crippen molar-refractivity contribution in [2.24, 2.45) is 0 Å². The molecule has 162 valence electrons. The van der Waals surface area contributed by atoms with Crippen molar-refractivity contribution in [3.63, 3.8) is 0 Å². The summed E-state index contributed by atoms with van der Waals surface area (Å²) in [4.78, 5) is 27.9. The normalized spacial score (nSPS) is 15.4. The minimum Gasteiger partial charge on any atom is -0.494 e. The molecule has 1 aromatic heterocycles. The van der Waals surface area contributed by atoms with Crippen molar-refractivity contribution in [2.75, 3.05) is 20.8 Å². The van der Waals surface area contributed by atoms with Gasteiger partial charge in [0.25, 0.3) is 5.56 Å². The number of rotatable bonds is 4. The van der Waals surface area contributed by atoms with Gasteiger partial charge in [0.2, 0.25) is 5.88 Å². The molecule has 8 heteroatoms. The van der Waals surface area contributed by atoms with Crippen LogP contribution in [0.15, 0.2) is 39.9 Å². The maximum absolute atomic E-state index is 12.8. The van der Waals surface area contributed by atoms with E-state index in [0.29, 0.717) is 23.7 Å². The van der Waals surface area contributed by atoms with E-state index >= 15 is 0 Å². The number of aromatic amines is 1. The lowest BCUT2D eigenvalue weighted by molar-refractivity contribution is 0.352. The van der Waals surface area contributed by atoms with Crippen LogP contribution in [-0.4, -0.2) is 35.4 Å². The van der Waals surface area contributed by atoms with E-state index in [0.717, 1.165) is 33.2 Å². The zero-order chi connectivity index (χ0) is 22.3. The first-order chi connectivity index (χ1) is 14.8. The molecule has 0 saturated heterocycles. The summed E-state index contributed by atoms with van der Waals surface area (Å²) in [6.07, 6.45) is 0.724. The lowest BCUT2D eigenvalue weighted by atomic mass is 9.90. The van der Waals surface area contributed by atoms with E-state index in [-0.39, 0.29) is 11.4 Å². The standard InChI is InChI=1S/C23H25N3O5/c1-12-5-6-16(13(2)9-12)26-22(28)19(21(27)25-23(26)29)20-15-11-18(31-4)17(30-3)10-14(15)7-8-24-20/h5-6,9-11,20,24,28H,7-8H2,1-4H3,(H,25,27,29). The smallest absolute Gasteiger partial charge is 0.335 e. The van der Waals surface area contributed by atoms with Gasteiger partial charge in [-0.1, -0.05) is 17.7 Å². The summed E-state index contributed by atoms with van der Waals surface area (Å²) < 4.78 is 12.0. The number of nitrogens with zero attached hydrogens (tertiary/aromatic N) is 1. The SMILES string of the molecule is COc1cc2c(cc1OC)C(c1c(O)n(-c3ccc(C)cc3C)c(=O)[nH]c1=O)NCC2. The summed E-state index contributed by atoms with van der Waals surface area (Å²) in [5.41, 5.74) is 2.85. The third-order valence-electron chi connectivity index (χ3n) is 5.70. The van der Waals surface area contributed by atoms with Gasteiger partial charge in [0.15, 0.2) is 11.5 Å². The summed E-state index contributed by atoms with van der Waals surface area (Å²) >= 11 is 0. The van der Waals surface area contributed by atoms with Crippen molar-refractivity contribution in [2.45, 2.75) is 26.3 Å². The average Bonchev–Trinajstić information content (AvgIpc) is 2.74. The summed E-state index contributed by atoms with van der Waals surface area (Å²) in [5, 5.41) is 14.4. The molecule has 0 aliphatic carbocycles. The molecule has 3 N–H and O–H groups in total. The number of nitrogens with one attached hydrogen (secondary N) is 2. The molecule has 2 aromatic carbocycles. The molecule has 1 aliphatic rings. The lowest BCUT2D eigenvalue weighted by Gasteiger charge is -2.28. The van der Waals surface area contributed by atoms with Gasteiger partial charge >= 0.3 is 5.69 Å². The molecule has 0 spiro atoms. The minimum atomic E-state index is -0.693. The quantitative estimate of drug-likeness (QED) is 0.594. The minimum absolute atomic E-state index is 0.0766. The number of hydrogen-bond donors (Lipinski definition) is 3. The highest BCUT2D eigenvalue weighted by Gasteiger charge is 2.30. The van der Waals surface area contributed by atoms with Crippen LogP contribution < -0.4 is 26.0 Å².